The number of carbonyl (C=O) groups is 2. The van der Waals surface area contributed by atoms with Crippen molar-refractivity contribution in [3.8, 4) is 5.75 Å². The zero-order valence-electron chi connectivity index (χ0n) is 18.9. The highest BCUT2D eigenvalue weighted by Crippen LogP contribution is 2.41. The van der Waals surface area contributed by atoms with Crippen LogP contribution in [-0.4, -0.2) is 33.9 Å². The Kier molecular flexibility index (Phi) is 5.72. The van der Waals surface area contributed by atoms with Gasteiger partial charge >= 0.3 is 5.91 Å². The molecule has 0 saturated carbocycles. The molecule has 0 bridgehead atoms. The van der Waals surface area contributed by atoms with Gasteiger partial charge in [-0.15, -0.1) is 0 Å². The van der Waals surface area contributed by atoms with Crippen LogP contribution in [0, 0.1) is 0 Å². The predicted octanol–water partition coefficient (Wildman–Crippen LogP) is 4.41. The van der Waals surface area contributed by atoms with Gasteiger partial charge in [0, 0.05) is 18.0 Å². The van der Waals surface area contributed by atoms with E-state index in [0.29, 0.717) is 16.9 Å². The van der Waals surface area contributed by atoms with Gasteiger partial charge in [-0.3, -0.25) is 14.5 Å². The molecule has 33 heavy (non-hydrogen) atoms. The largest absolute Gasteiger partial charge is 0.507 e. The Morgan fingerprint density at radius 1 is 0.970 bits per heavy atom. The molecule has 7 heteroatoms. The van der Waals surface area contributed by atoms with Gasteiger partial charge in [-0.25, -0.2) is 9.97 Å². The summed E-state index contributed by atoms with van der Waals surface area (Å²) < 4.78 is 5.17. The van der Waals surface area contributed by atoms with Crippen LogP contribution in [0.5, 0.6) is 5.75 Å². The van der Waals surface area contributed by atoms with Gasteiger partial charge in [-0.1, -0.05) is 45.0 Å². The van der Waals surface area contributed by atoms with Gasteiger partial charge in [0.2, 0.25) is 5.95 Å². The second kappa shape index (κ2) is 8.50. The van der Waals surface area contributed by atoms with Crippen LogP contribution in [0.2, 0.25) is 0 Å². The average Bonchev–Trinajstić information content (AvgIpc) is 3.09. The molecule has 0 aliphatic carbocycles. The lowest BCUT2D eigenvalue weighted by Crippen LogP contribution is -2.31. The third-order valence-corrected chi connectivity index (χ3v) is 5.67. The quantitative estimate of drug-likeness (QED) is 0.365. The highest BCUT2D eigenvalue weighted by atomic mass is 16.5. The fourth-order valence-electron chi connectivity index (χ4n) is 3.84. The Hall–Kier alpha value is -4.00. The van der Waals surface area contributed by atoms with E-state index >= 15 is 0 Å². The standard InChI is InChI=1S/C26H25N3O4/c1-26(2,3)18-10-6-16(7-11-18)21-20(22(30)17-8-12-19(33-4)13-9-17)23(31)24(32)29(21)25-27-14-5-15-28-25/h5-15,21,30H,1-4H3/b22-20+. The number of nitrogens with zero attached hydrogens (tertiary/aromatic N) is 3. The van der Waals surface area contributed by atoms with Gasteiger partial charge in [0.25, 0.3) is 5.78 Å². The van der Waals surface area contributed by atoms with E-state index in [-0.39, 0.29) is 22.7 Å². The minimum atomic E-state index is -0.872. The van der Waals surface area contributed by atoms with Crippen molar-refractivity contribution in [3.63, 3.8) is 0 Å². The molecule has 1 aliphatic heterocycles. The molecule has 1 saturated heterocycles. The molecule has 0 spiro atoms. The number of carbonyl (C=O) groups excluding carboxylic acids is 2. The Bertz CT molecular complexity index is 1210. The van der Waals surface area contributed by atoms with Crippen molar-refractivity contribution in [3.05, 3.63) is 89.3 Å². The molecule has 2 aromatic carbocycles. The van der Waals surface area contributed by atoms with Crippen molar-refractivity contribution in [1.82, 2.24) is 9.97 Å². The average molecular weight is 444 g/mol. The Balaban J connectivity index is 1.90. The van der Waals surface area contributed by atoms with Crippen molar-refractivity contribution >= 4 is 23.4 Å². The molecule has 4 rings (SSSR count). The summed E-state index contributed by atoms with van der Waals surface area (Å²) in [5.74, 6) is -1.14. The lowest BCUT2D eigenvalue weighted by molar-refractivity contribution is -0.132. The van der Waals surface area contributed by atoms with Gasteiger partial charge in [-0.2, -0.15) is 0 Å². The van der Waals surface area contributed by atoms with Gasteiger partial charge in [0.15, 0.2) is 0 Å². The summed E-state index contributed by atoms with van der Waals surface area (Å²) >= 11 is 0. The molecule has 3 aromatic rings. The van der Waals surface area contributed by atoms with Gasteiger partial charge in [0.1, 0.15) is 11.5 Å². The molecule has 1 N–H and O–H groups in total. The van der Waals surface area contributed by atoms with Crippen LogP contribution < -0.4 is 9.64 Å². The van der Waals surface area contributed by atoms with E-state index in [1.165, 1.54) is 17.3 Å². The van der Waals surface area contributed by atoms with Crippen molar-refractivity contribution in [2.45, 2.75) is 32.2 Å². The van der Waals surface area contributed by atoms with E-state index in [1.54, 1.807) is 37.4 Å². The molecular formula is C26H25N3O4. The fraction of sp³-hybridized carbons (Fsp3) is 0.231. The van der Waals surface area contributed by atoms with Crippen molar-refractivity contribution in [2.75, 3.05) is 12.0 Å². The first-order valence-electron chi connectivity index (χ1n) is 10.6. The van der Waals surface area contributed by atoms with Crippen LogP contribution in [-0.2, 0) is 15.0 Å². The number of methoxy groups -OCH3 is 1. The summed E-state index contributed by atoms with van der Waals surface area (Å²) in [7, 11) is 1.54. The zero-order valence-corrected chi connectivity index (χ0v) is 18.9. The number of aliphatic hydroxyl groups excluding tert-OH is 1. The fourth-order valence-corrected chi connectivity index (χ4v) is 3.84. The maximum absolute atomic E-state index is 13.1. The van der Waals surface area contributed by atoms with Crippen LogP contribution in [0.15, 0.2) is 72.6 Å². The number of rotatable bonds is 4. The molecule has 1 unspecified atom stereocenters. The smallest absolute Gasteiger partial charge is 0.302 e. The summed E-state index contributed by atoms with van der Waals surface area (Å²) in [5, 5.41) is 11.2. The number of anilines is 1. The van der Waals surface area contributed by atoms with E-state index in [9.17, 15) is 14.7 Å². The molecule has 1 amide bonds. The van der Waals surface area contributed by atoms with Crippen LogP contribution in [0.25, 0.3) is 5.76 Å². The van der Waals surface area contributed by atoms with Crippen LogP contribution in [0.1, 0.15) is 43.5 Å². The molecule has 7 nitrogen and oxygen atoms in total. The second-order valence-corrected chi connectivity index (χ2v) is 8.82. The highest BCUT2D eigenvalue weighted by Gasteiger charge is 2.48. The molecular weight excluding hydrogens is 418 g/mol. The highest BCUT2D eigenvalue weighted by molar-refractivity contribution is 6.51. The number of ketones is 1. The zero-order chi connectivity index (χ0) is 23.8. The summed E-state index contributed by atoms with van der Waals surface area (Å²) in [6.45, 7) is 6.32. The first-order chi connectivity index (χ1) is 15.7. The number of hydrogen-bond acceptors (Lipinski definition) is 6. The minimum absolute atomic E-state index is 0.0128. The Labute approximate surface area is 192 Å². The summed E-state index contributed by atoms with van der Waals surface area (Å²) in [5.41, 5.74) is 2.10. The molecule has 1 aromatic heterocycles. The topological polar surface area (TPSA) is 92.6 Å². The van der Waals surface area contributed by atoms with Gasteiger partial charge in [-0.05, 0) is 46.9 Å². The number of aliphatic hydroxyl groups is 1. The number of ether oxygens (including phenoxy) is 1. The maximum atomic E-state index is 13.1. The molecule has 168 valence electrons. The Morgan fingerprint density at radius 3 is 2.12 bits per heavy atom. The molecule has 2 heterocycles. The van der Waals surface area contributed by atoms with Crippen LogP contribution >= 0.6 is 0 Å². The lowest BCUT2D eigenvalue weighted by Gasteiger charge is -2.25. The summed E-state index contributed by atoms with van der Waals surface area (Å²) in [4.78, 5) is 35.9. The van der Waals surface area contributed by atoms with E-state index < -0.39 is 17.7 Å². The van der Waals surface area contributed by atoms with Crippen molar-refractivity contribution in [1.29, 1.82) is 0 Å². The van der Waals surface area contributed by atoms with Gasteiger partial charge < -0.3 is 9.84 Å². The summed E-state index contributed by atoms with van der Waals surface area (Å²) in [6.07, 6.45) is 3.01. The monoisotopic (exact) mass is 443 g/mol. The normalized spacial score (nSPS) is 17.9. The Morgan fingerprint density at radius 2 is 1.58 bits per heavy atom. The van der Waals surface area contributed by atoms with E-state index in [0.717, 1.165) is 5.56 Å². The van der Waals surface area contributed by atoms with Crippen LogP contribution in [0.4, 0.5) is 5.95 Å². The van der Waals surface area contributed by atoms with Gasteiger partial charge in [0.05, 0.1) is 18.7 Å². The van der Waals surface area contributed by atoms with Crippen molar-refractivity contribution < 1.29 is 19.4 Å². The SMILES string of the molecule is COc1ccc(/C(O)=C2\C(=O)C(=O)N(c3ncccn3)C2c2ccc(C(C)(C)C)cc2)cc1. The van der Waals surface area contributed by atoms with Crippen molar-refractivity contribution in [2.24, 2.45) is 0 Å². The molecule has 1 aliphatic rings. The molecule has 0 radical (unpaired) electrons. The molecule has 1 atom stereocenters. The minimum Gasteiger partial charge on any atom is -0.507 e. The number of hydrogen-bond donors (Lipinski definition) is 1. The number of amides is 1. The second-order valence-electron chi connectivity index (χ2n) is 8.82. The van der Waals surface area contributed by atoms with E-state index in [2.05, 4.69) is 30.7 Å². The number of aromatic nitrogens is 2. The number of Topliss-reactive ketones (excluding diaryl/α,β-unsaturated/α-hetero) is 1. The first kappa shape index (κ1) is 22.2. The molecule has 1 fully saturated rings. The maximum Gasteiger partial charge on any atom is 0.302 e. The lowest BCUT2D eigenvalue weighted by atomic mass is 9.85. The van der Waals surface area contributed by atoms with Crippen LogP contribution in [0.3, 0.4) is 0 Å². The number of benzene rings is 2. The third-order valence-electron chi connectivity index (χ3n) is 5.67. The first-order valence-corrected chi connectivity index (χ1v) is 10.6. The van der Waals surface area contributed by atoms with E-state index in [1.807, 2.05) is 24.3 Å². The van der Waals surface area contributed by atoms with E-state index in [4.69, 9.17) is 4.74 Å². The predicted molar refractivity (Wildman–Crippen MR) is 125 cm³/mol. The summed E-state index contributed by atoms with van der Waals surface area (Å²) in [6, 6.07) is 15.1. The third kappa shape index (κ3) is 4.09.